The van der Waals surface area contributed by atoms with Gasteiger partial charge in [-0.25, -0.2) is 9.59 Å². The molecule has 0 atom stereocenters. The van der Waals surface area contributed by atoms with Gasteiger partial charge in [0, 0.05) is 11.1 Å². The molecule has 4 heteroatoms. The van der Waals surface area contributed by atoms with Crippen LogP contribution < -0.4 is 0 Å². The molecule has 4 nitrogen and oxygen atoms in total. The standard InChI is InChI=1S/C30H56O4/c1-25(2)21-17-13-9-5-7-11-15-19-23-27(29(31)32)28(30(33)34)24-20-16-12-8-6-10-14-18-22-26(3)4/h25-26H,5-24H2,1-4H3,(H,31,32)(H,33,34)/b28-27-. The Morgan fingerprint density at radius 1 is 0.441 bits per heavy atom. The van der Waals surface area contributed by atoms with Crippen molar-refractivity contribution in [2.24, 2.45) is 11.8 Å². The van der Waals surface area contributed by atoms with Gasteiger partial charge in [-0.3, -0.25) is 0 Å². The Labute approximate surface area is 211 Å². The summed E-state index contributed by atoms with van der Waals surface area (Å²) < 4.78 is 0. The Morgan fingerprint density at radius 3 is 0.912 bits per heavy atom. The summed E-state index contributed by atoms with van der Waals surface area (Å²) in [6, 6.07) is 0. The van der Waals surface area contributed by atoms with Crippen LogP contribution in [0.15, 0.2) is 11.1 Å². The number of unbranched alkanes of at least 4 members (excludes halogenated alkanes) is 14. The zero-order chi connectivity index (χ0) is 25.6. The molecule has 0 rings (SSSR count). The van der Waals surface area contributed by atoms with Gasteiger partial charge in [0.05, 0.1) is 0 Å². The molecule has 34 heavy (non-hydrogen) atoms. The van der Waals surface area contributed by atoms with Crippen LogP contribution in [-0.2, 0) is 9.59 Å². The van der Waals surface area contributed by atoms with Crippen LogP contribution in [0.5, 0.6) is 0 Å². The fraction of sp³-hybridized carbons (Fsp3) is 0.867. The number of carbonyl (C=O) groups is 2. The van der Waals surface area contributed by atoms with E-state index < -0.39 is 11.9 Å². The van der Waals surface area contributed by atoms with Crippen LogP contribution in [0.3, 0.4) is 0 Å². The second-order valence-electron chi connectivity index (χ2n) is 11.1. The lowest BCUT2D eigenvalue weighted by Gasteiger charge is -2.10. The van der Waals surface area contributed by atoms with Gasteiger partial charge in [-0.05, 0) is 37.5 Å². The highest BCUT2D eigenvalue weighted by Crippen LogP contribution is 2.22. The average molecular weight is 481 g/mol. The number of carboxylic acids is 2. The van der Waals surface area contributed by atoms with Crippen LogP contribution in [0.1, 0.15) is 156 Å². The molecule has 0 unspecified atom stereocenters. The van der Waals surface area contributed by atoms with Crippen molar-refractivity contribution < 1.29 is 19.8 Å². The van der Waals surface area contributed by atoms with Gasteiger partial charge >= 0.3 is 11.9 Å². The minimum atomic E-state index is -1.05. The molecule has 2 N–H and O–H groups in total. The molecule has 0 amide bonds. The fourth-order valence-electron chi connectivity index (χ4n) is 4.60. The number of rotatable bonds is 24. The molecule has 0 aromatic rings. The maximum atomic E-state index is 11.7. The third-order valence-corrected chi connectivity index (χ3v) is 6.80. The van der Waals surface area contributed by atoms with E-state index in [1.165, 1.54) is 77.0 Å². The highest BCUT2D eigenvalue weighted by atomic mass is 16.4. The lowest BCUT2D eigenvalue weighted by atomic mass is 9.96. The third-order valence-electron chi connectivity index (χ3n) is 6.80. The van der Waals surface area contributed by atoms with Crippen LogP contribution in [0, 0.1) is 11.8 Å². The minimum absolute atomic E-state index is 0.131. The Kier molecular flexibility index (Phi) is 21.3. The maximum Gasteiger partial charge on any atom is 0.332 e. The smallest absolute Gasteiger partial charge is 0.332 e. The summed E-state index contributed by atoms with van der Waals surface area (Å²) in [5.74, 6) is -0.518. The summed E-state index contributed by atoms with van der Waals surface area (Å²) in [6.45, 7) is 9.08. The first-order valence-electron chi connectivity index (χ1n) is 14.4. The fourth-order valence-corrected chi connectivity index (χ4v) is 4.60. The lowest BCUT2D eigenvalue weighted by Crippen LogP contribution is -2.12. The van der Waals surface area contributed by atoms with Crippen molar-refractivity contribution in [2.75, 3.05) is 0 Å². The van der Waals surface area contributed by atoms with E-state index in [1.807, 2.05) is 0 Å². The van der Waals surface area contributed by atoms with E-state index in [9.17, 15) is 19.8 Å². The Morgan fingerprint density at radius 2 is 0.676 bits per heavy atom. The lowest BCUT2D eigenvalue weighted by molar-refractivity contribution is -0.136. The Hall–Kier alpha value is -1.32. The molecule has 0 saturated carbocycles. The van der Waals surface area contributed by atoms with Crippen molar-refractivity contribution >= 4 is 11.9 Å². The minimum Gasteiger partial charge on any atom is -0.478 e. The highest BCUT2D eigenvalue weighted by Gasteiger charge is 2.19. The van der Waals surface area contributed by atoms with Gasteiger partial charge in [0.25, 0.3) is 0 Å². The zero-order valence-corrected chi connectivity index (χ0v) is 23.0. The third kappa shape index (κ3) is 20.1. The van der Waals surface area contributed by atoms with Crippen LogP contribution in [0.25, 0.3) is 0 Å². The highest BCUT2D eigenvalue weighted by molar-refractivity contribution is 5.98. The average Bonchev–Trinajstić information content (AvgIpc) is 2.76. The Bertz CT molecular complexity index is 500. The molecule has 0 aromatic heterocycles. The molecule has 0 bridgehead atoms. The number of hydrogen-bond donors (Lipinski definition) is 2. The second-order valence-corrected chi connectivity index (χ2v) is 11.1. The topological polar surface area (TPSA) is 74.6 Å². The predicted octanol–water partition coefficient (Wildman–Crippen LogP) is 9.57. The van der Waals surface area contributed by atoms with Crippen molar-refractivity contribution in [3.63, 3.8) is 0 Å². The van der Waals surface area contributed by atoms with Crippen LogP contribution in [0.4, 0.5) is 0 Å². The molecule has 0 aliphatic rings. The molecule has 0 aliphatic carbocycles. The molecular formula is C30H56O4. The summed E-state index contributed by atoms with van der Waals surface area (Å²) >= 11 is 0. The van der Waals surface area contributed by atoms with Gasteiger partial charge in [-0.1, -0.05) is 130 Å². The molecule has 0 fully saturated rings. The molecule has 0 spiro atoms. The van der Waals surface area contributed by atoms with Crippen molar-refractivity contribution in [3.8, 4) is 0 Å². The quantitative estimate of drug-likeness (QED) is 0.106. The van der Waals surface area contributed by atoms with E-state index in [-0.39, 0.29) is 11.1 Å². The van der Waals surface area contributed by atoms with Crippen molar-refractivity contribution in [3.05, 3.63) is 11.1 Å². The summed E-state index contributed by atoms with van der Waals surface area (Å²) in [7, 11) is 0. The van der Waals surface area contributed by atoms with Gasteiger partial charge in [0.2, 0.25) is 0 Å². The normalized spacial score (nSPS) is 12.4. The molecule has 0 radical (unpaired) electrons. The van der Waals surface area contributed by atoms with E-state index in [0.717, 1.165) is 50.4 Å². The van der Waals surface area contributed by atoms with Gasteiger partial charge in [-0.15, -0.1) is 0 Å². The molecular weight excluding hydrogens is 424 g/mol. The van der Waals surface area contributed by atoms with Crippen LogP contribution in [0.2, 0.25) is 0 Å². The first-order valence-corrected chi connectivity index (χ1v) is 14.4. The first kappa shape index (κ1) is 32.7. The maximum absolute atomic E-state index is 11.7. The summed E-state index contributed by atoms with van der Waals surface area (Å²) in [5.41, 5.74) is 0.262. The summed E-state index contributed by atoms with van der Waals surface area (Å²) in [5, 5.41) is 19.2. The van der Waals surface area contributed by atoms with Crippen molar-refractivity contribution in [2.45, 2.75) is 156 Å². The van der Waals surface area contributed by atoms with E-state index in [2.05, 4.69) is 27.7 Å². The number of aliphatic carboxylic acids is 2. The SMILES string of the molecule is CC(C)CCCCCCCCCC/C(C(=O)O)=C(\CCCCCCCCCCC(C)C)C(=O)O. The second kappa shape index (κ2) is 22.2. The largest absolute Gasteiger partial charge is 0.478 e. The molecule has 0 aliphatic heterocycles. The van der Waals surface area contributed by atoms with Crippen LogP contribution in [-0.4, -0.2) is 22.2 Å². The van der Waals surface area contributed by atoms with E-state index in [1.54, 1.807) is 0 Å². The van der Waals surface area contributed by atoms with E-state index in [0.29, 0.717) is 12.8 Å². The van der Waals surface area contributed by atoms with E-state index >= 15 is 0 Å². The van der Waals surface area contributed by atoms with Crippen LogP contribution >= 0.6 is 0 Å². The monoisotopic (exact) mass is 480 g/mol. The number of carboxylic acid groups (broad SMARTS) is 2. The van der Waals surface area contributed by atoms with Crippen molar-refractivity contribution in [1.82, 2.24) is 0 Å². The van der Waals surface area contributed by atoms with Gasteiger partial charge < -0.3 is 10.2 Å². The summed E-state index contributed by atoms with van der Waals surface area (Å²) in [6.07, 6.45) is 21.8. The Balaban J connectivity index is 4.10. The molecule has 200 valence electrons. The van der Waals surface area contributed by atoms with Gasteiger partial charge in [-0.2, -0.15) is 0 Å². The van der Waals surface area contributed by atoms with Gasteiger partial charge in [0.15, 0.2) is 0 Å². The number of hydrogen-bond acceptors (Lipinski definition) is 2. The van der Waals surface area contributed by atoms with E-state index in [4.69, 9.17) is 0 Å². The van der Waals surface area contributed by atoms with Crippen molar-refractivity contribution in [1.29, 1.82) is 0 Å². The first-order chi connectivity index (χ1) is 16.3. The summed E-state index contributed by atoms with van der Waals surface area (Å²) in [4.78, 5) is 23.5. The van der Waals surface area contributed by atoms with Gasteiger partial charge in [0.1, 0.15) is 0 Å². The predicted molar refractivity (Wildman–Crippen MR) is 144 cm³/mol. The zero-order valence-electron chi connectivity index (χ0n) is 23.0. The molecule has 0 saturated heterocycles. The molecule has 0 aromatic carbocycles. The molecule has 0 heterocycles.